The maximum Gasteiger partial charge on any atom is 0.225 e. The fraction of sp³-hybridized carbons (Fsp3) is 0.600. The topological polar surface area (TPSA) is 86.2 Å². The van der Waals surface area contributed by atoms with Gasteiger partial charge >= 0.3 is 0 Å². The summed E-state index contributed by atoms with van der Waals surface area (Å²) in [4.78, 5) is 24.3. The van der Waals surface area contributed by atoms with Crippen LogP contribution in [0.4, 0.5) is 0 Å². The Kier molecular flexibility index (Phi) is 3.07. The van der Waals surface area contributed by atoms with Crippen LogP contribution in [0.5, 0.6) is 0 Å². The van der Waals surface area contributed by atoms with Gasteiger partial charge in [-0.05, 0) is 25.7 Å². The number of allylic oxidation sites excluding steroid dienone is 2. The Bertz CT molecular complexity index is 415. The molecule has 2 atom stereocenters. The molecule has 0 bridgehead atoms. The summed E-state index contributed by atoms with van der Waals surface area (Å²) in [5.41, 5.74) is 9.27. The van der Waals surface area contributed by atoms with Gasteiger partial charge in [0.15, 0.2) is 0 Å². The maximum atomic E-state index is 12.1. The van der Waals surface area contributed by atoms with Crippen LogP contribution >= 0.6 is 0 Å². The summed E-state index contributed by atoms with van der Waals surface area (Å²) in [6.07, 6.45) is 7.78. The fourth-order valence-corrected chi connectivity index (χ4v) is 4.95. The van der Waals surface area contributed by atoms with E-state index in [-0.39, 0.29) is 0 Å². The first kappa shape index (κ1) is 13.8. The zero-order valence-electron chi connectivity index (χ0n) is 11.3. The molecule has 2 saturated carbocycles. The van der Waals surface area contributed by atoms with E-state index in [1.54, 1.807) is 12.2 Å². The molecule has 2 fully saturated rings. The third-order valence-corrected chi connectivity index (χ3v) is 5.48. The zero-order chi connectivity index (χ0) is 14.3. The highest BCUT2D eigenvalue weighted by molar-refractivity contribution is 6.01. The second kappa shape index (κ2) is 4.22. The zero-order valence-corrected chi connectivity index (χ0v) is 11.3. The lowest BCUT2D eigenvalue weighted by Gasteiger charge is -2.25. The molecule has 0 aliphatic heterocycles. The highest BCUT2D eigenvalue weighted by Crippen LogP contribution is 2.86. The Morgan fingerprint density at radius 1 is 0.947 bits per heavy atom. The predicted octanol–water partition coefficient (Wildman–Crippen LogP) is 1.66. The molecular weight excluding hydrogens is 240 g/mol. The second-order valence-electron chi connectivity index (χ2n) is 5.81. The van der Waals surface area contributed by atoms with E-state index in [4.69, 9.17) is 11.5 Å². The van der Waals surface area contributed by atoms with Crippen molar-refractivity contribution < 1.29 is 9.59 Å². The van der Waals surface area contributed by atoms with Crippen LogP contribution in [0.2, 0.25) is 0 Å². The summed E-state index contributed by atoms with van der Waals surface area (Å²) in [6, 6.07) is 0. The minimum atomic E-state index is -0.799. The third kappa shape index (κ3) is 1.24. The lowest BCUT2D eigenvalue weighted by atomic mass is 9.78. The molecule has 2 aliphatic carbocycles. The van der Waals surface area contributed by atoms with Gasteiger partial charge in [0.2, 0.25) is 11.8 Å². The number of hydrogen-bond acceptors (Lipinski definition) is 2. The van der Waals surface area contributed by atoms with Crippen molar-refractivity contribution >= 4 is 11.8 Å². The van der Waals surface area contributed by atoms with E-state index in [1.165, 1.54) is 0 Å². The molecule has 4 N–H and O–H groups in total. The van der Waals surface area contributed by atoms with Gasteiger partial charge in [0.25, 0.3) is 0 Å². The average molecular weight is 262 g/mol. The van der Waals surface area contributed by atoms with Crippen LogP contribution in [0.1, 0.15) is 38.5 Å². The van der Waals surface area contributed by atoms with E-state index in [0.717, 1.165) is 12.8 Å². The standard InChI is InChI=1S/C15H22N2O2/c1-3-7-13(8-4-2)14(11(16)18)9-5-6-10-15(13,14)12(17)19/h3-4H,1-2,5-10H2,(H2,16,18)(H2,17,19). The van der Waals surface area contributed by atoms with E-state index < -0.39 is 28.1 Å². The Labute approximate surface area is 113 Å². The number of fused-ring (bicyclic) bond motifs is 1. The highest BCUT2D eigenvalue weighted by atomic mass is 16.2. The Morgan fingerprint density at radius 2 is 1.32 bits per heavy atom. The molecule has 0 heterocycles. The first-order valence-corrected chi connectivity index (χ1v) is 6.78. The number of carbonyl (C=O) groups excluding carboxylic acids is 2. The van der Waals surface area contributed by atoms with Crippen LogP contribution in [-0.4, -0.2) is 11.8 Å². The van der Waals surface area contributed by atoms with Crippen LogP contribution in [0.15, 0.2) is 25.3 Å². The lowest BCUT2D eigenvalue weighted by molar-refractivity contribution is -0.133. The second-order valence-corrected chi connectivity index (χ2v) is 5.81. The normalized spacial score (nSPS) is 34.9. The molecule has 0 saturated heterocycles. The Balaban J connectivity index is 2.62. The van der Waals surface area contributed by atoms with Gasteiger partial charge in [0.05, 0.1) is 10.8 Å². The van der Waals surface area contributed by atoms with E-state index in [0.29, 0.717) is 25.7 Å². The smallest absolute Gasteiger partial charge is 0.225 e. The highest BCUT2D eigenvalue weighted by Gasteiger charge is 2.90. The van der Waals surface area contributed by atoms with E-state index in [9.17, 15) is 9.59 Å². The first-order chi connectivity index (χ1) is 8.97. The van der Waals surface area contributed by atoms with Gasteiger partial charge in [-0.3, -0.25) is 9.59 Å². The first-order valence-electron chi connectivity index (χ1n) is 6.78. The van der Waals surface area contributed by atoms with Gasteiger partial charge in [-0.1, -0.05) is 25.0 Å². The number of hydrogen-bond donors (Lipinski definition) is 2. The van der Waals surface area contributed by atoms with Gasteiger partial charge in [-0.15, -0.1) is 13.2 Å². The van der Waals surface area contributed by atoms with Crippen molar-refractivity contribution in [2.45, 2.75) is 38.5 Å². The number of nitrogens with two attached hydrogens (primary N) is 2. The minimum absolute atomic E-state index is 0.394. The summed E-state index contributed by atoms with van der Waals surface area (Å²) in [7, 11) is 0. The van der Waals surface area contributed by atoms with E-state index >= 15 is 0 Å². The van der Waals surface area contributed by atoms with Crippen molar-refractivity contribution in [3.63, 3.8) is 0 Å². The Hall–Kier alpha value is -1.58. The molecule has 0 aromatic heterocycles. The van der Waals surface area contributed by atoms with Gasteiger partial charge in [-0.2, -0.15) is 0 Å². The Morgan fingerprint density at radius 3 is 1.58 bits per heavy atom. The van der Waals surface area contributed by atoms with Crippen LogP contribution in [0.25, 0.3) is 0 Å². The monoisotopic (exact) mass is 262 g/mol. The molecule has 0 spiro atoms. The number of primary amides is 2. The van der Waals surface area contributed by atoms with Crippen LogP contribution in [-0.2, 0) is 9.59 Å². The summed E-state index contributed by atoms with van der Waals surface area (Å²) in [5.74, 6) is -0.788. The fourth-order valence-electron chi connectivity index (χ4n) is 4.95. The SMILES string of the molecule is C=CCC1(CC=C)C2(C(N)=O)CCCCC12C(N)=O. The van der Waals surface area contributed by atoms with E-state index in [2.05, 4.69) is 13.2 Å². The molecule has 0 aromatic carbocycles. The number of rotatable bonds is 6. The van der Waals surface area contributed by atoms with Crippen LogP contribution in [0, 0.1) is 16.2 Å². The van der Waals surface area contributed by atoms with Gasteiger partial charge < -0.3 is 11.5 Å². The third-order valence-electron chi connectivity index (χ3n) is 5.48. The molecule has 4 heteroatoms. The quantitative estimate of drug-likeness (QED) is 0.713. The minimum Gasteiger partial charge on any atom is -0.369 e. The molecule has 19 heavy (non-hydrogen) atoms. The molecule has 2 rings (SSSR count). The number of carbonyl (C=O) groups is 2. The molecule has 2 amide bonds. The molecule has 0 radical (unpaired) electrons. The molecule has 2 aliphatic rings. The average Bonchev–Trinajstić information content (AvgIpc) is 2.90. The van der Waals surface area contributed by atoms with Gasteiger partial charge in [0.1, 0.15) is 0 Å². The summed E-state index contributed by atoms with van der Waals surface area (Å²) in [5, 5.41) is 0. The van der Waals surface area contributed by atoms with Crippen molar-refractivity contribution in [1.82, 2.24) is 0 Å². The molecule has 0 aromatic rings. The van der Waals surface area contributed by atoms with Crippen LogP contribution < -0.4 is 11.5 Å². The summed E-state index contributed by atoms with van der Waals surface area (Å²) in [6.45, 7) is 7.54. The van der Waals surface area contributed by atoms with Gasteiger partial charge in [-0.25, -0.2) is 0 Å². The lowest BCUT2D eigenvalue weighted by Crippen LogP contribution is -2.39. The van der Waals surface area contributed by atoms with E-state index in [1.807, 2.05) is 0 Å². The predicted molar refractivity (Wildman–Crippen MR) is 73.8 cm³/mol. The molecule has 2 unspecified atom stereocenters. The van der Waals surface area contributed by atoms with Crippen LogP contribution in [0.3, 0.4) is 0 Å². The van der Waals surface area contributed by atoms with Crippen molar-refractivity contribution in [2.75, 3.05) is 0 Å². The van der Waals surface area contributed by atoms with Crippen molar-refractivity contribution in [2.24, 2.45) is 27.7 Å². The molecule has 104 valence electrons. The van der Waals surface area contributed by atoms with Crippen molar-refractivity contribution in [3.05, 3.63) is 25.3 Å². The number of amides is 2. The molecular formula is C15H22N2O2. The van der Waals surface area contributed by atoms with Crippen molar-refractivity contribution in [1.29, 1.82) is 0 Å². The molecule has 4 nitrogen and oxygen atoms in total. The summed E-state index contributed by atoms with van der Waals surface area (Å²) < 4.78 is 0. The maximum absolute atomic E-state index is 12.1. The summed E-state index contributed by atoms with van der Waals surface area (Å²) >= 11 is 0. The largest absolute Gasteiger partial charge is 0.369 e. The van der Waals surface area contributed by atoms with Crippen molar-refractivity contribution in [3.8, 4) is 0 Å². The van der Waals surface area contributed by atoms with Gasteiger partial charge in [0, 0.05) is 5.41 Å².